The van der Waals surface area contributed by atoms with Crippen molar-refractivity contribution in [2.45, 2.75) is 5.92 Å². The van der Waals surface area contributed by atoms with Gasteiger partial charge in [0.15, 0.2) is 6.61 Å². The van der Waals surface area contributed by atoms with Crippen LogP contribution in [0, 0.1) is 5.82 Å². The third-order valence-corrected chi connectivity index (χ3v) is 4.22. The molecule has 0 saturated heterocycles. The fraction of sp³-hybridized carbons (Fsp3) is 0.167. The quantitative estimate of drug-likeness (QED) is 0.708. The Balaban J connectivity index is 1.54. The Labute approximate surface area is 142 Å². The summed E-state index contributed by atoms with van der Waals surface area (Å²) in [5.74, 6) is 0.621. The highest BCUT2D eigenvalue weighted by Crippen LogP contribution is 2.26. The molecule has 0 aliphatic rings. The van der Waals surface area contributed by atoms with Crippen LogP contribution in [0.2, 0.25) is 0 Å². The van der Waals surface area contributed by atoms with Crippen molar-refractivity contribution < 1.29 is 18.3 Å². The van der Waals surface area contributed by atoms with Gasteiger partial charge in [0.25, 0.3) is 5.91 Å². The van der Waals surface area contributed by atoms with Crippen LogP contribution in [0.4, 0.5) is 4.39 Å². The minimum Gasteiger partial charge on any atom is -0.484 e. The number of rotatable bonds is 7. The molecule has 0 aliphatic carbocycles. The molecule has 1 unspecified atom stereocenters. The first-order valence-electron chi connectivity index (χ1n) is 7.43. The number of halogens is 1. The summed E-state index contributed by atoms with van der Waals surface area (Å²) in [7, 11) is 0. The zero-order chi connectivity index (χ0) is 16.8. The van der Waals surface area contributed by atoms with Gasteiger partial charge in [-0.05, 0) is 58.8 Å². The molecule has 0 aliphatic heterocycles. The topological polar surface area (TPSA) is 51.5 Å². The van der Waals surface area contributed by atoms with Crippen LogP contribution in [-0.2, 0) is 4.79 Å². The van der Waals surface area contributed by atoms with E-state index in [0.717, 1.165) is 11.3 Å². The molecule has 0 spiro atoms. The number of hydrogen-bond acceptors (Lipinski definition) is 4. The SMILES string of the molecule is O=C(COc1ccc(F)cc1)NCC(c1ccsc1)c1ccco1. The Morgan fingerprint density at radius 3 is 2.75 bits per heavy atom. The van der Waals surface area contributed by atoms with E-state index in [1.165, 1.54) is 24.3 Å². The molecule has 6 heteroatoms. The van der Waals surface area contributed by atoms with Crippen LogP contribution >= 0.6 is 11.3 Å². The number of hydrogen-bond donors (Lipinski definition) is 1. The summed E-state index contributed by atoms with van der Waals surface area (Å²) in [4.78, 5) is 12.0. The number of furan rings is 1. The molecule has 4 nitrogen and oxygen atoms in total. The largest absolute Gasteiger partial charge is 0.484 e. The second kappa shape index (κ2) is 7.79. The van der Waals surface area contributed by atoms with Gasteiger partial charge in [-0.1, -0.05) is 0 Å². The Morgan fingerprint density at radius 1 is 1.25 bits per heavy atom. The highest BCUT2D eigenvalue weighted by atomic mass is 32.1. The third kappa shape index (κ3) is 4.23. The second-order valence-electron chi connectivity index (χ2n) is 5.17. The van der Waals surface area contributed by atoms with E-state index in [2.05, 4.69) is 5.32 Å². The number of nitrogens with one attached hydrogen (secondary N) is 1. The molecule has 3 rings (SSSR count). The molecule has 3 aromatic rings. The second-order valence-corrected chi connectivity index (χ2v) is 5.95. The molecule has 0 radical (unpaired) electrons. The molecular weight excluding hydrogens is 329 g/mol. The number of ether oxygens (including phenoxy) is 1. The molecule has 124 valence electrons. The summed E-state index contributed by atoms with van der Waals surface area (Å²) < 4.78 is 23.6. The van der Waals surface area contributed by atoms with Gasteiger partial charge in [-0.15, -0.1) is 0 Å². The van der Waals surface area contributed by atoms with Crippen molar-refractivity contribution in [1.29, 1.82) is 0 Å². The van der Waals surface area contributed by atoms with Crippen molar-refractivity contribution in [1.82, 2.24) is 5.32 Å². The zero-order valence-electron chi connectivity index (χ0n) is 12.8. The number of carbonyl (C=O) groups is 1. The Morgan fingerprint density at radius 2 is 2.08 bits per heavy atom. The van der Waals surface area contributed by atoms with Gasteiger partial charge in [-0.3, -0.25) is 4.79 Å². The van der Waals surface area contributed by atoms with Crippen molar-refractivity contribution in [3.63, 3.8) is 0 Å². The maximum absolute atomic E-state index is 12.8. The molecular formula is C18H16FNO3S. The van der Waals surface area contributed by atoms with Gasteiger partial charge in [0.05, 0.1) is 12.2 Å². The lowest BCUT2D eigenvalue weighted by molar-refractivity contribution is -0.123. The summed E-state index contributed by atoms with van der Waals surface area (Å²) in [6.45, 7) is 0.288. The first kappa shape index (κ1) is 16.3. The van der Waals surface area contributed by atoms with Crippen LogP contribution in [-0.4, -0.2) is 19.1 Å². The lowest BCUT2D eigenvalue weighted by Crippen LogP contribution is -2.32. The van der Waals surface area contributed by atoms with E-state index in [4.69, 9.17) is 9.15 Å². The van der Waals surface area contributed by atoms with Gasteiger partial charge in [-0.25, -0.2) is 4.39 Å². The van der Waals surface area contributed by atoms with Crippen molar-refractivity contribution in [2.75, 3.05) is 13.2 Å². The standard InChI is InChI=1S/C18H16FNO3S/c19-14-3-5-15(6-4-14)23-11-18(21)20-10-16(13-7-9-24-12-13)17-2-1-8-22-17/h1-9,12,16H,10-11H2,(H,20,21). The van der Waals surface area contributed by atoms with Crippen molar-refractivity contribution >= 4 is 17.2 Å². The monoisotopic (exact) mass is 345 g/mol. The highest BCUT2D eigenvalue weighted by Gasteiger charge is 2.18. The number of amides is 1. The molecule has 1 N–H and O–H groups in total. The smallest absolute Gasteiger partial charge is 0.257 e. The van der Waals surface area contributed by atoms with Crippen LogP contribution in [0.5, 0.6) is 5.75 Å². The number of carbonyl (C=O) groups excluding carboxylic acids is 1. The molecule has 24 heavy (non-hydrogen) atoms. The average Bonchev–Trinajstić information content (AvgIpc) is 3.29. The van der Waals surface area contributed by atoms with Gasteiger partial charge < -0.3 is 14.5 Å². The minimum atomic E-state index is -0.344. The molecule has 0 saturated carbocycles. The first-order chi connectivity index (χ1) is 11.7. The van der Waals surface area contributed by atoms with Gasteiger partial charge in [0, 0.05) is 6.54 Å². The van der Waals surface area contributed by atoms with Crippen LogP contribution in [0.3, 0.4) is 0 Å². The minimum absolute atomic E-state index is 0.0407. The van der Waals surface area contributed by atoms with Crippen molar-refractivity contribution in [3.8, 4) is 5.75 Å². The zero-order valence-corrected chi connectivity index (χ0v) is 13.6. The molecule has 1 aromatic carbocycles. The normalized spacial score (nSPS) is 11.9. The summed E-state index contributed by atoms with van der Waals surface area (Å²) >= 11 is 1.60. The summed E-state index contributed by atoms with van der Waals surface area (Å²) in [5, 5.41) is 6.87. The van der Waals surface area contributed by atoms with Crippen LogP contribution in [0.15, 0.2) is 63.9 Å². The summed E-state index contributed by atoms with van der Waals surface area (Å²) in [6, 6.07) is 11.3. The van der Waals surface area contributed by atoms with Crippen LogP contribution < -0.4 is 10.1 Å². The Kier molecular flexibility index (Phi) is 5.28. The van der Waals surface area contributed by atoms with E-state index in [9.17, 15) is 9.18 Å². The van der Waals surface area contributed by atoms with Crippen LogP contribution in [0.1, 0.15) is 17.2 Å². The Bertz CT molecular complexity index is 720. The third-order valence-electron chi connectivity index (χ3n) is 3.52. The van der Waals surface area contributed by atoms with Crippen LogP contribution in [0.25, 0.3) is 0 Å². The molecule has 0 bridgehead atoms. The van der Waals surface area contributed by atoms with E-state index >= 15 is 0 Å². The van der Waals surface area contributed by atoms with E-state index < -0.39 is 0 Å². The lowest BCUT2D eigenvalue weighted by Gasteiger charge is -2.15. The van der Waals surface area contributed by atoms with Crippen molar-refractivity contribution in [3.05, 3.63) is 76.6 Å². The van der Waals surface area contributed by atoms with E-state index in [0.29, 0.717) is 12.3 Å². The fourth-order valence-electron chi connectivity index (χ4n) is 2.29. The average molecular weight is 345 g/mol. The van der Waals surface area contributed by atoms with Gasteiger partial charge in [0.2, 0.25) is 0 Å². The summed E-state index contributed by atoms with van der Waals surface area (Å²) in [5.41, 5.74) is 1.09. The van der Waals surface area contributed by atoms with E-state index in [-0.39, 0.29) is 24.2 Å². The molecule has 2 heterocycles. The lowest BCUT2D eigenvalue weighted by atomic mass is 9.99. The number of benzene rings is 1. The van der Waals surface area contributed by atoms with Gasteiger partial charge in [0.1, 0.15) is 17.3 Å². The molecule has 1 amide bonds. The maximum atomic E-state index is 12.8. The molecule has 1 atom stereocenters. The highest BCUT2D eigenvalue weighted by molar-refractivity contribution is 7.08. The summed E-state index contributed by atoms with van der Waals surface area (Å²) in [6.07, 6.45) is 1.62. The predicted octanol–water partition coefficient (Wildman–Crippen LogP) is 3.81. The fourth-order valence-corrected chi connectivity index (χ4v) is 3.01. The predicted molar refractivity (Wildman–Crippen MR) is 89.8 cm³/mol. The first-order valence-corrected chi connectivity index (χ1v) is 8.37. The van der Waals surface area contributed by atoms with E-state index in [1.54, 1.807) is 17.6 Å². The van der Waals surface area contributed by atoms with Gasteiger partial charge in [-0.2, -0.15) is 11.3 Å². The molecule has 2 aromatic heterocycles. The maximum Gasteiger partial charge on any atom is 0.257 e. The van der Waals surface area contributed by atoms with Gasteiger partial charge >= 0.3 is 0 Å². The molecule has 0 fully saturated rings. The van der Waals surface area contributed by atoms with Crippen molar-refractivity contribution in [2.24, 2.45) is 0 Å². The number of thiophene rings is 1. The Hall–Kier alpha value is -2.60. The van der Waals surface area contributed by atoms with E-state index in [1.807, 2.05) is 29.0 Å².